The SMILES string of the molecule is Cc1nn(Cc2ccccc2)c(NC(=O)C(F)(F)F)c1C(=O)O. The van der Waals surface area contributed by atoms with Gasteiger partial charge in [0, 0.05) is 0 Å². The molecule has 0 aliphatic heterocycles. The lowest BCUT2D eigenvalue weighted by Crippen LogP contribution is -2.31. The molecule has 9 heteroatoms. The van der Waals surface area contributed by atoms with Crippen LogP contribution in [0.1, 0.15) is 21.6 Å². The number of carbonyl (C=O) groups is 2. The zero-order valence-corrected chi connectivity index (χ0v) is 11.9. The molecule has 1 amide bonds. The number of aromatic carboxylic acids is 1. The average molecular weight is 327 g/mol. The fourth-order valence-corrected chi connectivity index (χ4v) is 2.01. The van der Waals surface area contributed by atoms with Gasteiger partial charge in [0.25, 0.3) is 0 Å². The van der Waals surface area contributed by atoms with Gasteiger partial charge in [-0.05, 0) is 12.5 Å². The Morgan fingerprint density at radius 3 is 2.39 bits per heavy atom. The van der Waals surface area contributed by atoms with Gasteiger partial charge in [-0.15, -0.1) is 0 Å². The van der Waals surface area contributed by atoms with E-state index in [-0.39, 0.29) is 12.2 Å². The van der Waals surface area contributed by atoms with E-state index < -0.39 is 29.4 Å². The van der Waals surface area contributed by atoms with E-state index >= 15 is 0 Å². The van der Waals surface area contributed by atoms with E-state index in [4.69, 9.17) is 5.11 Å². The number of halogens is 3. The van der Waals surface area contributed by atoms with E-state index in [0.717, 1.165) is 4.68 Å². The van der Waals surface area contributed by atoms with Crippen LogP contribution in [0.15, 0.2) is 30.3 Å². The zero-order chi connectivity index (χ0) is 17.2. The predicted molar refractivity (Wildman–Crippen MR) is 74.2 cm³/mol. The zero-order valence-electron chi connectivity index (χ0n) is 11.9. The number of benzene rings is 1. The number of hydrogen-bond donors (Lipinski definition) is 2. The van der Waals surface area contributed by atoms with E-state index in [1.54, 1.807) is 35.6 Å². The summed E-state index contributed by atoms with van der Waals surface area (Å²) < 4.78 is 38.4. The first-order chi connectivity index (χ1) is 10.7. The van der Waals surface area contributed by atoms with Crippen molar-refractivity contribution in [2.24, 2.45) is 0 Å². The van der Waals surface area contributed by atoms with Gasteiger partial charge in [-0.2, -0.15) is 18.3 Å². The fraction of sp³-hybridized carbons (Fsp3) is 0.214. The van der Waals surface area contributed by atoms with Crippen molar-refractivity contribution < 1.29 is 27.9 Å². The summed E-state index contributed by atoms with van der Waals surface area (Å²) >= 11 is 0. The van der Waals surface area contributed by atoms with Gasteiger partial charge in [0.05, 0.1) is 12.2 Å². The Morgan fingerprint density at radius 1 is 1.26 bits per heavy atom. The van der Waals surface area contributed by atoms with Gasteiger partial charge in [0.15, 0.2) is 0 Å². The maximum atomic E-state index is 12.4. The van der Waals surface area contributed by atoms with Gasteiger partial charge in [-0.3, -0.25) is 4.79 Å². The molecular formula is C14H12F3N3O3. The molecule has 2 N–H and O–H groups in total. The highest BCUT2D eigenvalue weighted by Crippen LogP contribution is 2.24. The maximum absolute atomic E-state index is 12.4. The van der Waals surface area contributed by atoms with Crippen LogP contribution in [-0.2, 0) is 11.3 Å². The van der Waals surface area contributed by atoms with Gasteiger partial charge in [0.2, 0.25) is 0 Å². The van der Waals surface area contributed by atoms with Crippen LogP contribution in [0.2, 0.25) is 0 Å². The highest BCUT2D eigenvalue weighted by atomic mass is 19.4. The summed E-state index contributed by atoms with van der Waals surface area (Å²) in [5.41, 5.74) is 0.221. The van der Waals surface area contributed by atoms with Crippen molar-refractivity contribution >= 4 is 17.7 Å². The minimum Gasteiger partial charge on any atom is -0.477 e. The molecule has 1 aromatic heterocycles. The van der Waals surface area contributed by atoms with Crippen LogP contribution in [0.25, 0.3) is 0 Å². The quantitative estimate of drug-likeness (QED) is 0.903. The van der Waals surface area contributed by atoms with Crippen LogP contribution in [0.4, 0.5) is 19.0 Å². The second kappa shape index (κ2) is 6.11. The third-order valence-corrected chi connectivity index (χ3v) is 3.01. The monoisotopic (exact) mass is 327 g/mol. The average Bonchev–Trinajstić information content (AvgIpc) is 2.74. The Hall–Kier alpha value is -2.84. The second-order valence-corrected chi connectivity index (χ2v) is 4.71. The van der Waals surface area contributed by atoms with E-state index in [1.165, 1.54) is 6.92 Å². The summed E-state index contributed by atoms with van der Waals surface area (Å²) in [6.07, 6.45) is -5.13. The van der Waals surface area contributed by atoms with Crippen molar-refractivity contribution in [3.8, 4) is 0 Å². The number of amides is 1. The van der Waals surface area contributed by atoms with Gasteiger partial charge >= 0.3 is 18.1 Å². The Bertz CT molecular complexity index is 739. The summed E-state index contributed by atoms with van der Waals surface area (Å²) in [7, 11) is 0. The van der Waals surface area contributed by atoms with Crippen LogP contribution in [-0.4, -0.2) is 32.9 Å². The number of nitrogens with one attached hydrogen (secondary N) is 1. The van der Waals surface area contributed by atoms with Gasteiger partial charge in [0.1, 0.15) is 11.4 Å². The molecule has 1 heterocycles. The lowest BCUT2D eigenvalue weighted by atomic mass is 10.2. The molecule has 0 unspecified atom stereocenters. The molecule has 2 rings (SSSR count). The highest BCUT2D eigenvalue weighted by molar-refractivity contribution is 6.02. The highest BCUT2D eigenvalue weighted by Gasteiger charge is 2.40. The van der Waals surface area contributed by atoms with Crippen LogP contribution in [0.3, 0.4) is 0 Å². The summed E-state index contributed by atoms with van der Waals surface area (Å²) in [5.74, 6) is -4.23. The van der Waals surface area contributed by atoms with Crippen molar-refractivity contribution in [1.29, 1.82) is 0 Å². The lowest BCUT2D eigenvalue weighted by Gasteiger charge is -2.11. The smallest absolute Gasteiger partial charge is 0.471 e. The van der Waals surface area contributed by atoms with Crippen LogP contribution >= 0.6 is 0 Å². The number of carboxylic acid groups (broad SMARTS) is 1. The number of hydrogen-bond acceptors (Lipinski definition) is 3. The largest absolute Gasteiger partial charge is 0.477 e. The number of anilines is 1. The molecule has 23 heavy (non-hydrogen) atoms. The third kappa shape index (κ3) is 3.68. The number of nitrogens with zero attached hydrogens (tertiary/aromatic N) is 2. The van der Waals surface area contributed by atoms with E-state index in [9.17, 15) is 22.8 Å². The Kier molecular flexibility index (Phi) is 4.39. The van der Waals surface area contributed by atoms with Crippen molar-refractivity contribution in [3.05, 3.63) is 47.2 Å². The van der Waals surface area contributed by atoms with E-state index in [0.29, 0.717) is 5.56 Å². The first kappa shape index (κ1) is 16.5. The summed E-state index contributed by atoms with van der Waals surface area (Å²) in [6.45, 7) is 1.36. The number of carbonyl (C=O) groups excluding carboxylic acids is 1. The van der Waals surface area contributed by atoms with E-state index in [1.807, 2.05) is 0 Å². The van der Waals surface area contributed by atoms with Gasteiger partial charge < -0.3 is 10.4 Å². The van der Waals surface area contributed by atoms with Gasteiger partial charge in [-0.1, -0.05) is 30.3 Å². The number of aromatic nitrogens is 2. The molecule has 122 valence electrons. The fourth-order valence-electron chi connectivity index (χ4n) is 2.01. The minimum absolute atomic E-state index is 0.00547. The molecule has 0 bridgehead atoms. The van der Waals surface area contributed by atoms with Gasteiger partial charge in [-0.25, -0.2) is 9.48 Å². The molecule has 0 saturated heterocycles. The summed E-state index contributed by atoms with van der Waals surface area (Å²) in [6, 6.07) is 8.60. The molecule has 0 aliphatic carbocycles. The summed E-state index contributed by atoms with van der Waals surface area (Å²) in [4.78, 5) is 22.4. The molecule has 0 fully saturated rings. The first-order valence-electron chi connectivity index (χ1n) is 6.43. The van der Waals surface area contributed by atoms with Crippen LogP contribution in [0, 0.1) is 6.92 Å². The summed E-state index contributed by atoms with van der Waals surface area (Å²) in [5, 5.41) is 14.7. The number of alkyl halides is 3. The number of rotatable bonds is 4. The minimum atomic E-state index is -5.13. The molecule has 6 nitrogen and oxygen atoms in total. The molecule has 1 aromatic carbocycles. The number of carboxylic acids is 1. The van der Waals surface area contributed by atoms with Crippen LogP contribution in [0.5, 0.6) is 0 Å². The standard InChI is InChI=1S/C14H12F3N3O3/c1-8-10(12(21)22)11(18-13(23)14(15,16)17)20(19-8)7-9-5-3-2-4-6-9/h2-6H,7H2,1H3,(H,18,23)(H,21,22). The molecule has 0 aliphatic rings. The second-order valence-electron chi connectivity index (χ2n) is 4.71. The Labute approximate surface area is 128 Å². The van der Waals surface area contributed by atoms with Crippen molar-refractivity contribution in [2.45, 2.75) is 19.6 Å². The Balaban J connectivity index is 2.44. The Morgan fingerprint density at radius 2 is 1.87 bits per heavy atom. The molecule has 0 saturated carbocycles. The molecule has 0 spiro atoms. The molecule has 0 atom stereocenters. The molecule has 0 radical (unpaired) electrons. The van der Waals surface area contributed by atoms with Crippen molar-refractivity contribution in [1.82, 2.24) is 9.78 Å². The first-order valence-corrected chi connectivity index (χ1v) is 6.43. The topological polar surface area (TPSA) is 84.2 Å². The maximum Gasteiger partial charge on any atom is 0.471 e. The van der Waals surface area contributed by atoms with Crippen molar-refractivity contribution in [3.63, 3.8) is 0 Å². The number of aryl methyl sites for hydroxylation is 1. The normalized spacial score (nSPS) is 11.3. The van der Waals surface area contributed by atoms with Crippen molar-refractivity contribution in [2.75, 3.05) is 5.32 Å². The molecular weight excluding hydrogens is 315 g/mol. The predicted octanol–water partition coefficient (Wildman–Crippen LogP) is 2.44. The lowest BCUT2D eigenvalue weighted by molar-refractivity contribution is -0.167. The van der Waals surface area contributed by atoms with E-state index in [2.05, 4.69) is 5.10 Å². The van der Waals surface area contributed by atoms with Crippen LogP contribution < -0.4 is 5.32 Å². The third-order valence-electron chi connectivity index (χ3n) is 3.01. The molecule has 2 aromatic rings.